The summed E-state index contributed by atoms with van der Waals surface area (Å²) in [6.07, 6.45) is 1.14. The zero-order valence-electron chi connectivity index (χ0n) is 13.0. The highest BCUT2D eigenvalue weighted by atomic mass is 16.5. The molecule has 0 spiro atoms. The highest BCUT2D eigenvalue weighted by Gasteiger charge is 2.08. The van der Waals surface area contributed by atoms with Gasteiger partial charge in [0, 0.05) is 12.2 Å². The Labute approximate surface area is 117 Å². The van der Waals surface area contributed by atoms with E-state index >= 15 is 0 Å². The van der Waals surface area contributed by atoms with Gasteiger partial charge >= 0.3 is 0 Å². The first-order chi connectivity index (χ1) is 9.02. The highest BCUT2D eigenvalue weighted by molar-refractivity contribution is 5.29. The van der Waals surface area contributed by atoms with Crippen molar-refractivity contribution < 1.29 is 4.74 Å². The van der Waals surface area contributed by atoms with Gasteiger partial charge < -0.3 is 10.1 Å². The molecule has 1 unspecified atom stereocenters. The average molecular weight is 264 g/mol. The lowest BCUT2D eigenvalue weighted by atomic mass is 10.1. The Hall–Kier alpha value is -1.09. The lowest BCUT2D eigenvalue weighted by Crippen LogP contribution is -2.20. The number of ether oxygens (including phenoxy) is 1. The third-order valence-electron chi connectivity index (χ3n) is 3.14. The molecule has 3 heteroatoms. The van der Waals surface area contributed by atoms with E-state index in [1.807, 2.05) is 19.1 Å². The van der Waals surface area contributed by atoms with E-state index in [1.54, 1.807) is 0 Å². The molecule has 1 aromatic heterocycles. The molecule has 1 atom stereocenters. The van der Waals surface area contributed by atoms with Crippen molar-refractivity contribution in [2.45, 2.75) is 47.6 Å². The molecular formula is C16H28N2O. The molecule has 1 rings (SSSR count). The first-order valence-electron chi connectivity index (χ1n) is 7.33. The van der Waals surface area contributed by atoms with Crippen LogP contribution in [0.2, 0.25) is 0 Å². The van der Waals surface area contributed by atoms with Gasteiger partial charge in [0.2, 0.25) is 0 Å². The molecule has 0 bridgehead atoms. The van der Waals surface area contributed by atoms with Gasteiger partial charge in [-0.15, -0.1) is 0 Å². The van der Waals surface area contributed by atoms with E-state index in [-0.39, 0.29) is 0 Å². The Morgan fingerprint density at radius 2 is 2.00 bits per heavy atom. The normalized spacial score (nSPS) is 12.7. The number of aromatic nitrogens is 1. The van der Waals surface area contributed by atoms with E-state index in [0.717, 1.165) is 43.3 Å². The summed E-state index contributed by atoms with van der Waals surface area (Å²) in [7, 11) is 0. The summed E-state index contributed by atoms with van der Waals surface area (Å²) in [4.78, 5) is 4.59. The molecule has 1 heterocycles. The van der Waals surface area contributed by atoms with Gasteiger partial charge in [-0.3, -0.25) is 4.98 Å². The van der Waals surface area contributed by atoms with E-state index in [1.165, 1.54) is 0 Å². The van der Waals surface area contributed by atoms with Crippen molar-refractivity contribution in [2.75, 3.05) is 13.2 Å². The first kappa shape index (κ1) is 16.0. The molecule has 1 aromatic rings. The molecule has 0 radical (unpaired) electrons. The topological polar surface area (TPSA) is 34.1 Å². The van der Waals surface area contributed by atoms with E-state index in [0.29, 0.717) is 11.8 Å². The monoisotopic (exact) mass is 264 g/mol. The summed E-state index contributed by atoms with van der Waals surface area (Å²) < 4.78 is 5.90. The second kappa shape index (κ2) is 8.16. The van der Waals surface area contributed by atoms with E-state index in [9.17, 15) is 0 Å². The lowest BCUT2D eigenvalue weighted by Gasteiger charge is -2.15. The van der Waals surface area contributed by atoms with Crippen LogP contribution in [0.4, 0.5) is 0 Å². The highest BCUT2D eigenvalue weighted by Crippen LogP contribution is 2.18. The van der Waals surface area contributed by atoms with Crippen LogP contribution < -0.4 is 10.1 Å². The minimum Gasteiger partial charge on any atom is -0.491 e. The fourth-order valence-corrected chi connectivity index (χ4v) is 1.68. The Bertz CT molecular complexity index is 377. The van der Waals surface area contributed by atoms with Gasteiger partial charge in [-0.2, -0.15) is 0 Å². The predicted octanol–water partition coefficient (Wildman–Crippen LogP) is 3.56. The van der Waals surface area contributed by atoms with Crippen molar-refractivity contribution in [2.24, 2.45) is 11.8 Å². The summed E-state index contributed by atoms with van der Waals surface area (Å²) in [6, 6.07) is 4.05. The van der Waals surface area contributed by atoms with Crippen LogP contribution in [0.1, 0.15) is 45.5 Å². The molecular weight excluding hydrogens is 236 g/mol. The maximum atomic E-state index is 5.90. The molecule has 0 saturated carbocycles. The van der Waals surface area contributed by atoms with Crippen LogP contribution >= 0.6 is 0 Å². The largest absolute Gasteiger partial charge is 0.491 e. The molecule has 3 nitrogen and oxygen atoms in total. The quantitative estimate of drug-likeness (QED) is 0.779. The number of nitrogens with one attached hydrogen (secondary N) is 1. The minimum absolute atomic E-state index is 0.581. The number of hydrogen-bond acceptors (Lipinski definition) is 3. The second-order valence-corrected chi connectivity index (χ2v) is 5.75. The predicted molar refractivity (Wildman–Crippen MR) is 80.5 cm³/mol. The molecule has 0 fully saturated rings. The van der Waals surface area contributed by atoms with Crippen LogP contribution in [-0.2, 0) is 6.54 Å². The van der Waals surface area contributed by atoms with Gasteiger partial charge in [-0.05, 0) is 37.4 Å². The average Bonchev–Trinajstić information content (AvgIpc) is 2.37. The molecule has 108 valence electrons. The smallest absolute Gasteiger partial charge is 0.142 e. The Kier molecular flexibility index (Phi) is 6.85. The van der Waals surface area contributed by atoms with Crippen molar-refractivity contribution in [1.29, 1.82) is 0 Å². The zero-order chi connectivity index (χ0) is 14.3. The van der Waals surface area contributed by atoms with E-state index in [4.69, 9.17) is 4.74 Å². The summed E-state index contributed by atoms with van der Waals surface area (Å²) in [5.41, 5.74) is 2.06. The number of pyridine rings is 1. The number of aryl methyl sites for hydroxylation is 1. The van der Waals surface area contributed by atoms with Gasteiger partial charge in [-0.1, -0.05) is 34.1 Å². The van der Waals surface area contributed by atoms with Crippen LogP contribution in [0, 0.1) is 18.8 Å². The minimum atomic E-state index is 0.581. The van der Waals surface area contributed by atoms with E-state index < -0.39 is 0 Å². The van der Waals surface area contributed by atoms with Crippen LogP contribution in [-0.4, -0.2) is 18.1 Å². The van der Waals surface area contributed by atoms with Crippen molar-refractivity contribution in [3.63, 3.8) is 0 Å². The van der Waals surface area contributed by atoms with Gasteiger partial charge in [-0.25, -0.2) is 0 Å². The van der Waals surface area contributed by atoms with E-state index in [2.05, 4.69) is 38.0 Å². The van der Waals surface area contributed by atoms with Crippen molar-refractivity contribution in [1.82, 2.24) is 10.3 Å². The van der Waals surface area contributed by atoms with Crippen molar-refractivity contribution >= 4 is 0 Å². The van der Waals surface area contributed by atoms with Gasteiger partial charge in [0.05, 0.1) is 12.3 Å². The van der Waals surface area contributed by atoms with Crippen LogP contribution in [0.15, 0.2) is 12.1 Å². The molecule has 1 N–H and O–H groups in total. The van der Waals surface area contributed by atoms with Gasteiger partial charge in [0.25, 0.3) is 0 Å². The molecule has 19 heavy (non-hydrogen) atoms. The number of hydrogen-bond donors (Lipinski definition) is 1. The molecule has 0 aliphatic heterocycles. The van der Waals surface area contributed by atoms with Gasteiger partial charge in [0.1, 0.15) is 5.75 Å². The third-order valence-corrected chi connectivity index (χ3v) is 3.14. The Morgan fingerprint density at radius 3 is 2.63 bits per heavy atom. The molecule has 0 amide bonds. The summed E-state index contributed by atoms with van der Waals surface area (Å²) >= 11 is 0. The van der Waals surface area contributed by atoms with Crippen molar-refractivity contribution in [3.8, 4) is 5.75 Å². The fraction of sp³-hybridized carbons (Fsp3) is 0.688. The maximum Gasteiger partial charge on any atom is 0.142 e. The second-order valence-electron chi connectivity index (χ2n) is 5.75. The molecule has 0 aromatic carbocycles. The Morgan fingerprint density at radius 1 is 1.26 bits per heavy atom. The van der Waals surface area contributed by atoms with Crippen molar-refractivity contribution in [3.05, 3.63) is 23.5 Å². The maximum absolute atomic E-state index is 5.90. The first-order valence-corrected chi connectivity index (χ1v) is 7.33. The lowest BCUT2D eigenvalue weighted by molar-refractivity contribution is 0.252. The standard InChI is InChI=1S/C16H28N2O/c1-6-13(4)11-19-16-8-7-14(5)18-15(16)10-17-9-12(2)3/h7-8,12-13,17H,6,9-11H2,1-5H3. The summed E-state index contributed by atoms with van der Waals surface area (Å²) in [5.74, 6) is 2.15. The SMILES string of the molecule is CCC(C)COc1ccc(C)nc1CNCC(C)C. The Balaban J connectivity index is 2.63. The number of nitrogens with zero attached hydrogens (tertiary/aromatic N) is 1. The summed E-state index contributed by atoms with van der Waals surface area (Å²) in [6.45, 7) is 13.4. The summed E-state index contributed by atoms with van der Waals surface area (Å²) in [5, 5.41) is 3.43. The van der Waals surface area contributed by atoms with Crippen LogP contribution in [0.25, 0.3) is 0 Å². The van der Waals surface area contributed by atoms with Gasteiger partial charge in [0.15, 0.2) is 0 Å². The van der Waals surface area contributed by atoms with Crippen LogP contribution in [0.3, 0.4) is 0 Å². The molecule has 0 saturated heterocycles. The molecule has 0 aliphatic carbocycles. The molecule has 0 aliphatic rings. The fourth-order valence-electron chi connectivity index (χ4n) is 1.68. The third kappa shape index (κ3) is 6.06. The van der Waals surface area contributed by atoms with Crippen LogP contribution in [0.5, 0.6) is 5.75 Å². The number of rotatable bonds is 8. The zero-order valence-corrected chi connectivity index (χ0v) is 13.0.